The monoisotopic (exact) mass is 460 g/mol. The average Bonchev–Trinajstić information content (AvgIpc) is 2.86. The Morgan fingerprint density at radius 1 is 0.971 bits per heavy atom. The second kappa shape index (κ2) is 10.7. The molecule has 0 amide bonds. The van der Waals surface area contributed by atoms with Gasteiger partial charge in [-0.3, -0.25) is 9.59 Å². The van der Waals surface area contributed by atoms with Crippen LogP contribution in [0.1, 0.15) is 12.5 Å². The Morgan fingerprint density at radius 2 is 1.74 bits per heavy atom. The Morgan fingerprint density at radius 3 is 2.44 bits per heavy atom. The largest absolute Gasteiger partial charge is 0.490 e. The number of hydrogen-bond acceptors (Lipinski definition) is 7. The van der Waals surface area contributed by atoms with Crippen LogP contribution in [0.25, 0.3) is 22.1 Å². The predicted octanol–water partition coefficient (Wildman–Crippen LogP) is 4.34. The molecule has 7 nitrogen and oxygen atoms in total. The zero-order valence-corrected chi connectivity index (χ0v) is 18.6. The molecule has 34 heavy (non-hydrogen) atoms. The van der Waals surface area contributed by atoms with Crippen molar-refractivity contribution in [3.05, 3.63) is 94.8 Å². The third kappa shape index (κ3) is 5.44. The molecule has 0 spiro atoms. The van der Waals surface area contributed by atoms with Crippen LogP contribution in [-0.2, 0) is 16.1 Å². The minimum atomic E-state index is -0.751. The Bertz CT molecular complexity index is 1310. The lowest BCUT2D eigenvalue weighted by Gasteiger charge is -2.15. The number of carbonyl (C=O) groups excluding carboxylic acids is 1. The van der Waals surface area contributed by atoms with E-state index in [4.69, 9.17) is 18.6 Å². The fourth-order valence-electron chi connectivity index (χ4n) is 3.48. The normalized spacial score (nSPS) is 11.7. The molecule has 0 saturated heterocycles. The summed E-state index contributed by atoms with van der Waals surface area (Å²) in [6.45, 7) is 1.27. The summed E-state index contributed by atoms with van der Waals surface area (Å²) in [5.41, 5.74) is 2.28. The fourth-order valence-corrected chi connectivity index (χ4v) is 3.48. The number of aliphatic hydroxyl groups excluding tert-OH is 1. The topological polar surface area (TPSA) is 95.2 Å². The molecule has 0 saturated carbocycles. The highest BCUT2D eigenvalue weighted by Gasteiger charge is 2.15. The maximum atomic E-state index is 13.4. The maximum Gasteiger partial charge on any atom is 0.303 e. The van der Waals surface area contributed by atoms with E-state index in [0.29, 0.717) is 40.2 Å². The van der Waals surface area contributed by atoms with Gasteiger partial charge in [-0.2, -0.15) is 0 Å². The van der Waals surface area contributed by atoms with Crippen molar-refractivity contribution in [2.24, 2.45) is 0 Å². The number of fused-ring (bicyclic) bond motifs is 1. The average molecular weight is 460 g/mol. The van der Waals surface area contributed by atoms with E-state index in [0.717, 1.165) is 5.56 Å². The minimum Gasteiger partial charge on any atom is -0.490 e. The van der Waals surface area contributed by atoms with Gasteiger partial charge in [-0.25, -0.2) is 0 Å². The highest BCUT2D eigenvalue weighted by Crippen LogP contribution is 2.28. The Balaban J connectivity index is 1.55. The SMILES string of the molecule is CC(=O)OC(CO)COc1ccc(-c2coc3cccc(OCc4ccccc4)c3c2=O)cc1. The summed E-state index contributed by atoms with van der Waals surface area (Å²) in [6.07, 6.45) is 0.684. The molecule has 1 atom stereocenters. The molecule has 1 unspecified atom stereocenters. The van der Waals surface area contributed by atoms with E-state index < -0.39 is 12.1 Å². The second-order valence-corrected chi connectivity index (χ2v) is 7.63. The standard InChI is InChI=1S/C27H24O7/c1-18(29)34-22(14-28)16-31-21-12-10-20(11-13-21)23-17-33-25-9-5-8-24(26(25)27(23)30)32-15-19-6-3-2-4-7-19/h2-13,17,22,28H,14-16H2,1H3. The van der Waals surface area contributed by atoms with Crippen LogP contribution < -0.4 is 14.9 Å². The van der Waals surface area contributed by atoms with Crippen molar-refractivity contribution in [3.63, 3.8) is 0 Å². The van der Waals surface area contributed by atoms with E-state index in [1.165, 1.54) is 13.2 Å². The van der Waals surface area contributed by atoms with Gasteiger partial charge in [0, 0.05) is 6.92 Å². The first-order chi connectivity index (χ1) is 16.5. The van der Waals surface area contributed by atoms with Crippen molar-refractivity contribution >= 4 is 16.9 Å². The second-order valence-electron chi connectivity index (χ2n) is 7.63. The van der Waals surface area contributed by atoms with Gasteiger partial charge in [-0.1, -0.05) is 48.5 Å². The molecule has 7 heteroatoms. The molecule has 0 aliphatic heterocycles. The summed E-state index contributed by atoms with van der Waals surface area (Å²) in [7, 11) is 0. The Kier molecular flexibility index (Phi) is 7.25. The van der Waals surface area contributed by atoms with E-state index in [2.05, 4.69) is 0 Å². The maximum absolute atomic E-state index is 13.4. The number of rotatable bonds is 9. The third-order valence-corrected chi connectivity index (χ3v) is 5.14. The molecule has 3 aromatic carbocycles. The summed E-state index contributed by atoms with van der Waals surface area (Å²) in [6, 6.07) is 21.8. The highest BCUT2D eigenvalue weighted by molar-refractivity contribution is 5.87. The summed E-state index contributed by atoms with van der Waals surface area (Å²) in [5, 5.41) is 9.65. The van der Waals surface area contributed by atoms with E-state index >= 15 is 0 Å². The van der Waals surface area contributed by atoms with Gasteiger partial charge in [0.1, 0.15) is 41.9 Å². The first-order valence-electron chi connectivity index (χ1n) is 10.8. The molecule has 4 aromatic rings. The first kappa shape index (κ1) is 23.1. The van der Waals surface area contributed by atoms with Crippen molar-refractivity contribution in [1.82, 2.24) is 0 Å². The predicted molar refractivity (Wildman–Crippen MR) is 127 cm³/mol. The van der Waals surface area contributed by atoms with Crippen molar-refractivity contribution in [1.29, 1.82) is 0 Å². The molecule has 174 valence electrons. The van der Waals surface area contributed by atoms with E-state index in [9.17, 15) is 14.7 Å². The van der Waals surface area contributed by atoms with Crippen LogP contribution in [0.4, 0.5) is 0 Å². The zero-order chi connectivity index (χ0) is 23.9. The summed E-state index contributed by atoms with van der Waals surface area (Å²) >= 11 is 0. The van der Waals surface area contributed by atoms with Gasteiger partial charge in [0.05, 0.1) is 12.2 Å². The number of hydrogen-bond donors (Lipinski definition) is 1. The van der Waals surface area contributed by atoms with Gasteiger partial charge in [-0.15, -0.1) is 0 Å². The van der Waals surface area contributed by atoms with Crippen LogP contribution in [0.5, 0.6) is 11.5 Å². The molecule has 0 aliphatic carbocycles. The van der Waals surface area contributed by atoms with E-state index in [1.807, 2.05) is 30.3 Å². The molecule has 0 aliphatic rings. The minimum absolute atomic E-state index is 0.00958. The van der Waals surface area contributed by atoms with Crippen molar-refractivity contribution < 1.29 is 28.5 Å². The first-order valence-corrected chi connectivity index (χ1v) is 10.8. The molecule has 0 bridgehead atoms. The van der Waals surface area contributed by atoms with Crippen LogP contribution >= 0.6 is 0 Å². The van der Waals surface area contributed by atoms with Crippen LogP contribution in [0.15, 0.2) is 88.3 Å². The van der Waals surface area contributed by atoms with Gasteiger partial charge in [0.25, 0.3) is 0 Å². The fraction of sp³-hybridized carbons (Fsp3) is 0.185. The lowest BCUT2D eigenvalue weighted by atomic mass is 10.0. The summed E-state index contributed by atoms with van der Waals surface area (Å²) < 4.78 is 22.2. The molecule has 1 heterocycles. The Hall–Kier alpha value is -4.10. The molecule has 4 rings (SSSR count). The van der Waals surface area contributed by atoms with Gasteiger partial charge < -0.3 is 23.7 Å². The number of esters is 1. The molecule has 0 fully saturated rings. The van der Waals surface area contributed by atoms with Crippen LogP contribution in [0, 0.1) is 0 Å². The van der Waals surface area contributed by atoms with E-state index in [1.54, 1.807) is 42.5 Å². The lowest BCUT2D eigenvalue weighted by Crippen LogP contribution is -2.27. The quantitative estimate of drug-likeness (QED) is 0.371. The molecule has 1 aromatic heterocycles. The molecular formula is C27H24O7. The van der Waals surface area contributed by atoms with Gasteiger partial charge in [-0.05, 0) is 35.4 Å². The van der Waals surface area contributed by atoms with Gasteiger partial charge in [0.2, 0.25) is 5.43 Å². The van der Waals surface area contributed by atoms with Crippen LogP contribution in [0.3, 0.4) is 0 Å². The molecule has 1 N–H and O–H groups in total. The number of benzene rings is 3. The Labute approximate surface area is 196 Å². The molecule has 0 radical (unpaired) electrons. The highest BCUT2D eigenvalue weighted by atomic mass is 16.6. The van der Waals surface area contributed by atoms with Crippen molar-refractivity contribution in [2.45, 2.75) is 19.6 Å². The van der Waals surface area contributed by atoms with E-state index in [-0.39, 0.29) is 18.6 Å². The summed E-state index contributed by atoms with van der Waals surface area (Å²) in [4.78, 5) is 24.4. The number of ether oxygens (including phenoxy) is 3. The lowest BCUT2D eigenvalue weighted by molar-refractivity contribution is -0.150. The van der Waals surface area contributed by atoms with Crippen LogP contribution in [-0.4, -0.2) is 30.4 Å². The smallest absolute Gasteiger partial charge is 0.303 e. The number of aliphatic hydroxyl groups is 1. The van der Waals surface area contributed by atoms with Crippen molar-refractivity contribution in [2.75, 3.05) is 13.2 Å². The zero-order valence-electron chi connectivity index (χ0n) is 18.6. The number of carbonyl (C=O) groups is 1. The van der Waals surface area contributed by atoms with Gasteiger partial charge >= 0.3 is 5.97 Å². The van der Waals surface area contributed by atoms with Gasteiger partial charge in [0.15, 0.2) is 6.10 Å². The third-order valence-electron chi connectivity index (χ3n) is 5.14. The molecular weight excluding hydrogens is 436 g/mol. The summed E-state index contributed by atoms with van der Waals surface area (Å²) in [5.74, 6) is 0.469. The van der Waals surface area contributed by atoms with Crippen LogP contribution in [0.2, 0.25) is 0 Å². The van der Waals surface area contributed by atoms with Crippen molar-refractivity contribution in [3.8, 4) is 22.6 Å².